The maximum atomic E-state index is 13.3. The molecule has 1 aromatic carbocycles. The third-order valence-electron chi connectivity index (χ3n) is 6.18. The fourth-order valence-electron chi connectivity index (χ4n) is 4.60. The van der Waals surface area contributed by atoms with Gasteiger partial charge < -0.3 is 15.2 Å². The number of primary amides is 1. The number of carbonyl (C=O) groups excluding carboxylic acids is 2. The summed E-state index contributed by atoms with van der Waals surface area (Å²) in [5.74, 6) is -0.559. The van der Waals surface area contributed by atoms with E-state index in [2.05, 4.69) is 11.0 Å². The monoisotopic (exact) mass is 377 g/mol. The number of aromatic nitrogens is 1. The number of hydrogen-bond donors (Lipinski definition) is 1. The Kier molecular flexibility index (Phi) is 4.24. The molecule has 1 unspecified atom stereocenters. The molecule has 1 saturated heterocycles. The van der Waals surface area contributed by atoms with Gasteiger partial charge in [-0.25, -0.2) is 0 Å². The van der Waals surface area contributed by atoms with E-state index in [0.717, 1.165) is 29.1 Å². The highest BCUT2D eigenvalue weighted by Crippen LogP contribution is 2.47. The first-order chi connectivity index (χ1) is 13.4. The Morgan fingerprint density at radius 2 is 2.11 bits per heavy atom. The van der Waals surface area contributed by atoms with Crippen LogP contribution in [0.25, 0.3) is 0 Å². The number of para-hydroxylation sites is 1. The summed E-state index contributed by atoms with van der Waals surface area (Å²) in [5.41, 5.74) is 9.31. The van der Waals surface area contributed by atoms with Crippen LogP contribution in [0.4, 0.5) is 5.69 Å². The molecule has 2 amide bonds. The highest BCUT2D eigenvalue weighted by molar-refractivity contribution is 6.11. The van der Waals surface area contributed by atoms with Gasteiger partial charge in [0.1, 0.15) is 18.3 Å². The zero-order valence-corrected chi connectivity index (χ0v) is 16.1. The van der Waals surface area contributed by atoms with Crippen LogP contribution in [0.1, 0.15) is 28.9 Å². The Labute approximate surface area is 163 Å². The molecule has 28 heavy (non-hydrogen) atoms. The lowest BCUT2D eigenvalue weighted by molar-refractivity contribution is -0.125. The van der Waals surface area contributed by atoms with Gasteiger partial charge in [0.2, 0.25) is 11.8 Å². The average molecular weight is 377 g/mol. The molecule has 0 radical (unpaired) electrons. The smallest absolute Gasteiger partial charge is 0.239 e. The SMILES string of the molecule is Cc1c(CN2CCC3(C2)C(=O)N(CC(N)=O)c2ccccc23)cc(C#N)n1C. The molecular weight excluding hydrogens is 354 g/mol. The quantitative estimate of drug-likeness (QED) is 0.865. The second-order valence-electron chi connectivity index (χ2n) is 7.73. The first-order valence-corrected chi connectivity index (χ1v) is 9.35. The zero-order valence-electron chi connectivity index (χ0n) is 16.1. The number of hydrogen-bond acceptors (Lipinski definition) is 4. The van der Waals surface area contributed by atoms with Gasteiger partial charge >= 0.3 is 0 Å². The predicted octanol–water partition coefficient (Wildman–Crippen LogP) is 1.18. The molecule has 2 aromatic rings. The lowest BCUT2D eigenvalue weighted by atomic mass is 9.81. The number of nitrogens with zero attached hydrogens (tertiary/aromatic N) is 4. The van der Waals surface area contributed by atoms with Crippen molar-refractivity contribution in [3.8, 4) is 6.07 Å². The maximum Gasteiger partial charge on any atom is 0.239 e. The highest BCUT2D eigenvalue weighted by Gasteiger charge is 2.54. The van der Waals surface area contributed by atoms with Gasteiger partial charge in [-0.1, -0.05) is 18.2 Å². The van der Waals surface area contributed by atoms with Gasteiger partial charge in [-0.15, -0.1) is 0 Å². The van der Waals surface area contributed by atoms with Crippen LogP contribution in [0.2, 0.25) is 0 Å². The fraction of sp³-hybridized carbons (Fsp3) is 0.381. The van der Waals surface area contributed by atoms with Crippen molar-refractivity contribution >= 4 is 17.5 Å². The number of carbonyl (C=O) groups is 2. The Morgan fingerprint density at radius 1 is 1.36 bits per heavy atom. The van der Waals surface area contributed by atoms with E-state index >= 15 is 0 Å². The number of rotatable bonds is 4. The second-order valence-corrected chi connectivity index (χ2v) is 7.73. The van der Waals surface area contributed by atoms with Crippen molar-refractivity contribution in [2.45, 2.75) is 25.3 Å². The standard InChI is InChI=1S/C21H23N5O2/c1-14-15(9-16(10-22)24(14)2)11-25-8-7-21(13-25)17-5-3-4-6-18(17)26(20(21)28)12-19(23)27/h3-6,9H,7-8,11-13H2,1-2H3,(H2,23,27). The van der Waals surface area contributed by atoms with Crippen molar-refractivity contribution in [1.82, 2.24) is 9.47 Å². The molecule has 7 nitrogen and oxygen atoms in total. The molecule has 7 heteroatoms. The van der Waals surface area contributed by atoms with Gasteiger partial charge in [0, 0.05) is 31.5 Å². The molecule has 4 rings (SSSR count). The molecule has 1 spiro atoms. The normalized spacial score (nSPS) is 21.3. The Bertz CT molecular complexity index is 1020. The third-order valence-corrected chi connectivity index (χ3v) is 6.18. The van der Waals surface area contributed by atoms with Gasteiger partial charge in [-0.2, -0.15) is 5.26 Å². The van der Waals surface area contributed by atoms with E-state index in [0.29, 0.717) is 25.2 Å². The van der Waals surface area contributed by atoms with Gasteiger partial charge in [0.15, 0.2) is 0 Å². The summed E-state index contributed by atoms with van der Waals surface area (Å²) >= 11 is 0. The molecule has 0 aliphatic carbocycles. The van der Waals surface area contributed by atoms with Crippen molar-refractivity contribution < 1.29 is 9.59 Å². The van der Waals surface area contributed by atoms with E-state index < -0.39 is 11.3 Å². The van der Waals surface area contributed by atoms with Crippen LogP contribution in [-0.2, 0) is 28.6 Å². The van der Waals surface area contributed by atoms with Crippen LogP contribution in [0, 0.1) is 18.3 Å². The Hall–Kier alpha value is -3.11. The maximum absolute atomic E-state index is 13.3. The van der Waals surface area contributed by atoms with Crippen molar-refractivity contribution in [2.75, 3.05) is 24.5 Å². The molecule has 3 heterocycles. The molecule has 1 fully saturated rings. The number of anilines is 1. The average Bonchev–Trinajstić information content (AvgIpc) is 3.29. The summed E-state index contributed by atoms with van der Waals surface area (Å²) in [4.78, 5) is 28.6. The topological polar surface area (TPSA) is 95.4 Å². The van der Waals surface area contributed by atoms with Crippen LogP contribution in [0.3, 0.4) is 0 Å². The van der Waals surface area contributed by atoms with Crippen molar-refractivity contribution in [2.24, 2.45) is 12.8 Å². The first kappa shape index (κ1) is 18.3. The summed E-state index contributed by atoms with van der Waals surface area (Å²) in [7, 11) is 1.89. The van der Waals surface area contributed by atoms with Gasteiger partial charge in [-0.05, 0) is 43.1 Å². The van der Waals surface area contributed by atoms with Crippen molar-refractivity contribution in [3.05, 3.63) is 52.8 Å². The van der Waals surface area contributed by atoms with Crippen LogP contribution in [-0.4, -0.2) is 40.9 Å². The van der Waals surface area contributed by atoms with Gasteiger partial charge in [-0.3, -0.25) is 14.5 Å². The van der Waals surface area contributed by atoms with E-state index in [1.54, 1.807) is 0 Å². The number of nitriles is 1. The number of likely N-dealkylation sites (tertiary alicyclic amines) is 1. The lowest BCUT2D eigenvalue weighted by Crippen LogP contribution is -2.45. The number of fused-ring (bicyclic) bond motifs is 2. The molecule has 0 saturated carbocycles. The third kappa shape index (κ3) is 2.60. The number of nitrogens with two attached hydrogens (primary N) is 1. The summed E-state index contributed by atoms with van der Waals surface area (Å²) in [5, 5.41) is 9.26. The lowest BCUT2D eigenvalue weighted by Gasteiger charge is -2.24. The van der Waals surface area contributed by atoms with E-state index in [-0.39, 0.29) is 12.5 Å². The summed E-state index contributed by atoms with van der Waals surface area (Å²) in [6.45, 7) is 3.97. The molecule has 1 atom stereocenters. The van der Waals surface area contributed by atoms with Crippen LogP contribution in [0.15, 0.2) is 30.3 Å². The van der Waals surface area contributed by atoms with E-state index in [9.17, 15) is 14.9 Å². The van der Waals surface area contributed by atoms with Crippen LogP contribution < -0.4 is 10.6 Å². The fourth-order valence-corrected chi connectivity index (χ4v) is 4.60. The predicted molar refractivity (Wildman–Crippen MR) is 104 cm³/mol. The second kappa shape index (κ2) is 6.50. The van der Waals surface area contributed by atoms with Gasteiger partial charge in [0.25, 0.3) is 0 Å². The Balaban J connectivity index is 1.63. The molecule has 144 valence electrons. The molecule has 2 aliphatic heterocycles. The van der Waals surface area contributed by atoms with Gasteiger partial charge in [0.05, 0.1) is 5.41 Å². The largest absolute Gasteiger partial charge is 0.368 e. The van der Waals surface area contributed by atoms with Crippen molar-refractivity contribution in [1.29, 1.82) is 5.26 Å². The van der Waals surface area contributed by atoms with Crippen LogP contribution >= 0.6 is 0 Å². The molecule has 2 N–H and O–H groups in total. The molecule has 0 bridgehead atoms. The Morgan fingerprint density at radius 3 is 2.79 bits per heavy atom. The minimum Gasteiger partial charge on any atom is -0.368 e. The minimum atomic E-state index is -0.632. The number of benzene rings is 1. The van der Waals surface area contributed by atoms with E-state index in [1.807, 2.05) is 48.9 Å². The van der Waals surface area contributed by atoms with Crippen molar-refractivity contribution in [3.63, 3.8) is 0 Å². The summed E-state index contributed by atoms with van der Waals surface area (Å²) in [6.07, 6.45) is 0.703. The summed E-state index contributed by atoms with van der Waals surface area (Å²) in [6, 6.07) is 11.8. The number of amides is 2. The molecular formula is C21H23N5O2. The van der Waals surface area contributed by atoms with E-state index in [4.69, 9.17) is 5.73 Å². The highest BCUT2D eigenvalue weighted by atomic mass is 16.2. The molecule has 1 aromatic heterocycles. The van der Waals surface area contributed by atoms with E-state index in [1.165, 1.54) is 4.90 Å². The first-order valence-electron chi connectivity index (χ1n) is 9.35. The summed E-state index contributed by atoms with van der Waals surface area (Å²) < 4.78 is 1.89. The zero-order chi connectivity index (χ0) is 20.1. The molecule has 2 aliphatic rings. The minimum absolute atomic E-state index is 0.0440. The van der Waals surface area contributed by atoms with Crippen LogP contribution in [0.5, 0.6) is 0 Å².